The molecule has 4 heterocycles. The Kier molecular flexibility index (Phi) is 9.59. The molecule has 1 N–H and O–H groups in total. The van der Waals surface area contributed by atoms with Crippen molar-refractivity contribution in [3.05, 3.63) is 144 Å². The van der Waals surface area contributed by atoms with Gasteiger partial charge in [-0.05, 0) is 85.0 Å². The van der Waals surface area contributed by atoms with Crippen LogP contribution < -0.4 is 0 Å². The molecule has 226 valence electrons. The lowest BCUT2D eigenvalue weighted by atomic mass is 9.68. The van der Waals surface area contributed by atoms with Crippen molar-refractivity contribution in [1.29, 1.82) is 0 Å². The molecule has 0 saturated carbocycles. The van der Waals surface area contributed by atoms with Gasteiger partial charge in [0.1, 0.15) is 0 Å². The highest BCUT2D eigenvalue weighted by Crippen LogP contribution is 2.51. The summed E-state index contributed by atoms with van der Waals surface area (Å²) in [5, 5.41) is 11.1. The number of aromatic nitrogens is 2. The molecule has 0 amide bonds. The Morgan fingerprint density at radius 2 is 1.27 bits per heavy atom. The summed E-state index contributed by atoms with van der Waals surface area (Å²) in [6.45, 7) is 5.34. The van der Waals surface area contributed by atoms with Crippen molar-refractivity contribution in [3.63, 3.8) is 0 Å². The highest BCUT2D eigenvalue weighted by Gasteiger charge is 2.50. The van der Waals surface area contributed by atoms with E-state index < -0.39 is 11.9 Å². The number of allylic oxidation sites excluding steroid dienone is 2. The number of aliphatic carboxylic acids is 1. The smallest absolute Gasteiger partial charge is 0.307 e. The average molecular weight is 587 g/mol. The van der Waals surface area contributed by atoms with Crippen molar-refractivity contribution in [1.82, 2.24) is 19.8 Å². The number of carboxylic acid groups (broad SMARTS) is 1. The molecular formula is C38H42N4O2. The van der Waals surface area contributed by atoms with Gasteiger partial charge in [0.25, 0.3) is 0 Å². The number of pyridine rings is 2. The molecule has 6 heteroatoms. The summed E-state index contributed by atoms with van der Waals surface area (Å²) in [4.78, 5) is 27.2. The van der Waals surface area contributed by atoms with E-state index in [9.17, 15) is 9.90 Å². The molecule has 6 unspecified atom stereocenters. The molecule has 2 aliphatic heterocycles. The Hall–Kier alpha value is -4.13. The third-order valence-electron chi connectivity index (χ3n) is 9.67. The van der Waals surface area contributed by atoms with Crippen LogP contribution in [0.3, 0.4) is 0 Å². The van der Waals surface area contributed by atoms with Gasteiger partial charge in [0.15, 0.2) is 0 Å². The average Bonchev–Trinajstić information content (AvgIpc) is 3.66. The van der Waals surface area contributed by atoms with Crippen molar-refractivity contribution in [2.24, 2.45) is 23.7 Å². The minimum atomic E-state index is -0.695. The van der Waals surface area contributed by atoms with Gasteiger partial charge >= 0.3 is 5.97 Å². The fourth-order valence-corrected chi connectivity index (χ4v) is 7.95. The van der Waals surface area contributed by atoms with Crippen LogP contribution in [0.5, 0.6) is 0 Å². The molecule has 6 nitrogen and oxygen atoms in total. The zero-order valence-electron chi connectivity index (χ0n) is 25.4. The molecule has 44 heavy (non-hydrogen) atoms. The van der Waals surface area contributed by atoms with E-state index >= 15 is 0 Å². The molecule has 0 aliphatic carbocycles. The maximum Gasteiger partial charge on any atom is 0.307 e. The van der Waals surface area contributed by atoms with Crippen molar-refractivity contribution in [2.45, 2.75) is 44.9 Å². The van der Waals surface area contributed by atoms with Crippen molar-refractivity contribution < 1.29 is 9.90 Å². The van der Waals surface area contributed by atoms with Gasteiger partial charge in [-0.15, -0.1) is 0 Å². The predicted octanol–water partition coefficient (Wildman–Crippen LogP) is 7.20. The lowest BCUT2D eigenvalue weighted by Crippen LogP contribution is -2.39. The molecule has 2 aromatic heterocycles. The third kappa shape index (κ3) is 6.52. The van der Waals surface area contributed by atoms with E-state index in [1.165, 1.54) is 16.7 Å². The van der Waals surface area contributed by atoms with Gasteiger partial charge in [0, 0.05) is 50.0 Å². The number of hydrogen-bond acceptors (Lipinski definition) is 5. The van der Waals surface area contributed by atoms with Crippen LogP contribution in [-0.2, 0) is 17.9 Å². The first-order valence-corrected chi connectivity index (χ1v) is 15.9. The van der Waals surface area contributed by atoms with E-state index in [-0.39, 0.29) is 29.8 Å². The van der Waals surface area contributed by atoms with E-state index in [2.05, 4.69) is 98.6 Å². The minimum absolute atomic E-state index is 0.00772. The third-order valence-corrected chi connectivity index (χ3v) is 9.67. The second-order valence-corrected chi connectivity index (χ2v) is 12.2. The first-order valence-electron chi connectivity index (χ1n) is 15.9. The standard InChI is InChI=1S/C38H42N4O2/c1-2-11-32(33-18-22-41(26-28-12-9-20-39-24-28)36(33)30-14-5-3-6-15-30)35(38(43)44)34-19-23-42(27-29-13-10-21-40-25-29)37(34)31-16-7-4-8-17-31/h2-17,20-21,24-25,32-37H,18-19,22-23,26-27H2,1H3,(H,43,44). The van der Waals surface area contributed by atoms with Crippen LogP contribution in [-0.4, -0.2) is 43.9 Å². The van der Waals surface area contributed by atoms with Crippen LogP contribution in [0, 0.1) is 23.7 Å². The Labute approximate surface area is 261 Å². The summed E-state index contributed by atoms with van der Waals surface area (Å²) < 4.78 is 0. The Bertz CT molecular complexity index is 1500. The van der Waals surface area contributed by atoms with Gasteiger partial charge in [0.05, 0.1) is 5.92 Å². The van der Waals surface area contributed by atoms with Crippen LogP contribution in [0.2, 0.25) is 0 Å². The van der Waals surface area contributed by atoms with E-state index in [1.807, 2.05) is 43.7 Å². The van der Waals surface area contributed by atoms with E-state index in [1.54, 1.807) is 6.20 Å². The van der Waals surface area contributed by atoms with Crippen molar-refractivity contribution >= 4 is 5.97 Å². The number of rotatable bonds is 11. The molecule has 0 radical (unpaired) electrons. The lowest BCUT2D eigenvalue weighted by molar-refractivity contribution is -0.147. The fourth-order valence-electron chi connectivity index (χ4n) is 7.95. The zero-order chi connectivity index (χ0) is 30.3. The van der Waals surface area contributed by atoms with Crippen LogP contribution in [0.1, 0.15) is 54.1 Å². The van der Waals surface area contributed by atoms with Gasteiger partial charge < -0.3 is 5.11 Å². The number of benzene rings is 2. The molecular weight excluding hydrogens is 544 g/mol. The number of carbonyl (C=O) groups is 1. The summed E-state index contributed by atoms with van der Waals surface area (Å²) in [7, 11) is 0. The maximum atomic E-state index is 13.5. The van der Waals surface area contributed by atoms with Crippen molar-refractivity contribution in [2.75, 3.05) is 13.1 Å². The number of carboxylic acids is 1. The van der Waals surface area contributed by atoms with Crippen molar-refractivity contribution in [3.8, 4) is 0 Å². The Morgan fingerprint density at radius 3 is 1.73 bits per heavy atom. The largest absolute Gasteiger partial charge is 0.481 e. The van der Waals surface area contributed by atoms with Gasteiger partial charge in [-0.2, -0.15) is 0 Å². The molecule has 2 saturated heterocycles. The number of nitrogens with zero attached hydrogens (tertiary/aromatic N) is 4. The summed E-state index contributed by atoms with van der Waals surface area (Å²) in [6, 6.07) is 29.5. The molecule has 6 atom stereocenters. The number of likely N-dealkylation sites (tertiary alicyclic amines) is 2. The minimum Gasteiger partial charge on any atom is -0.481 e. The molecule has 2 fully saturated rings. The van der Waals surface area contributed by atoms with E-state index in [0.717, 1.165) is 44.6 Å². The number of hydrogen-bond donors (Lipinski definition) is 1. The quantitative estimate of drug-likeness (QED) is 0.188. The molecule has 0 bridgehead atoms. The molecule has 6 rings (SSSR count). The normalized spacial score (nSPS) is 24.0. The second kappa shape index (κ2) is 14.1. The molecule has 2 aromatic carbocycles. The van der Waals surface area contributed by atoms with Crippen LogP contribution in [0.25, 0.3) is 0 Å². The topological polar surface area (TPSA) is 69.6 Å². The first-order chi connectivity index (χ1) is 21.6. The highest BCUT2D eigenvalue weighted by atomic mass is 16.4. The van der Waals surface area contributed by atoms with Crippen LogP contribution >= 0.6 is 0 Å². The predicted molar refractivity (Wildman–Crippen MR) is 173 cm³/mol. The summed E-state index contributed by atoms with van der Waals surface area (Å²) in [5.74, 6) is -1.20. The van der Waals surface area contributed by atoms with Gasteiger partial charge in [-0.3, -0.25) is 24.6 Å². The van der Waals surface area contributed by atoms with Crippen LogP contribution in [0.4, 0.5) is 0 Å². The monoisotopic (exact) mass is 586 g/mol. The second-order valence-electron chi connectivity index (χ2n) is 12.2. The zero-order valence-corrected chi connectivity index (χ0v) is 25.4. The molecule has 2 aliphatic rings. The summed E-state index contributed by atoms with van der Waals surface area (Å²) in [5.41, 5.74) is 4.77. The van der Waals surface area contributed by atoms with E-state index in [0.29, 0.717) is 0 Å². The summed E-state index contributed by atoms with van der Waals surface area (Å²) in [6.07, 6.45) is 13.5. The van der Waals surface area contributed by atoms with Gasteiger partial charge in [-0.25, -0.2) is 0 Å². The van der Waals surface area contributed by atoms with Gasteiger partial charge in [-0.1, -0.05) is 84.9 Å². The Balaban J connectivity index is 1.37. The first kappa shape index (κ1) is 29.9. The summed E-state index contributed by atoms with van der Waals surface area (Å²) >= 11 is 0. The Morgan fingerprint density at radius 1 is 0.773 bits per heavy atom. The fraction of sp³-hybridized carbons (Fsp3) is 0.342. The SMILES string of the molecule is CC=CC(C1CCN(Cc2cccnc2)C1c1ccccc1)C(C(=O)O)C1CCN(Cc2cccnc2)C1c1ccccc1. The van der Waals surface area contributed by atoms with Crippen LogP contribution in [0.15, 0.2) is 122 Å². The molecule has 4 aromatic rings. The highest BCUT2D eigenvalue weighted by molar-refractivity contribution is 5.71. The van der Waals surface area contributed by atoms with Gasteiger partial charge in [0.2, 0.25) is 0 Å². The molecule has 0 spiro atoms. The van der Waals surface area contributed by atoms with E-state index in [4.69, 9.17) is 0 Å². The lowest BCUT2D eigenvalue weighted by Gasteiger charge is -2.39. The maximum absolute atomic E-state index is 13.5.